The monoisotopic (exact) mass is 261 g/mol. The first kappa shape index (κ1) is 15.0. The van der Waals surface area contributed by atoms with E-state index in [1.54, 1.807) is 19.1 Å². The summed E-state index contributed by atoms with van der Waals surface area (Å²) in [6.07, 6.45) is 0.359. The van der Waals surface area contributed by atoms with Gasteiger partial charge in [0.15, 0.2) is 0 Å². The Balaban J connectivity index is 3.17. The first-order valence-electron chi connectivity index (χ1n) is 6.33. The minimum absolute atomic E-state index is 0.140. The van der Waals surface area contributed by atoms with Gasteiger partial charge in [-0.3, -0.25) is 10.1 Å². The van der Waals surface area contributed by atoms with Crippen LogP contribution in [0.25, 0.3) is 0 Å². The third kappa shape index (κ3) is 3.95. The van der Waals surface area contributed by atoms with Crippen LogP contribution in [0.1, 0.15) is 25.8 Å². The summed E-state index contributed by atoms with van der Waals surface area (Å²) in [5.41, 5.74) is 1.39. The predicted molar refractivity (Wildman–Crippen MR) is 75.1 cm³/mol. The molecule has 1 aromatic carbocycles. The normalized spacial score (nSPS) is 10.3. The van der Waals surface area contributed by atoms with Crippen molar-refractivity contribution >= 4 is 11.4 Å². The molecule has 0 aliphatic rings. The Kier molecular flexibility index (Phi) is 5.31. The second kappa shape index (κ2) is 6.74. The van der Waals surface area contributed by atoms with Crippen molar-refractivity contribution in [2.24, 2.45) is 5.92 Å². The molecular formula is C14H19N3O2. The van der Waals surface area contributed by atoms with Crippen molar-refractivity contribution in [1.29, 1.82) is 5.26 Å². The molecule has 5 nitrogen and oxygen atoms in total. The van der Waals surface area contributed by atoms with Gasteiger partial charge in [0.25, 0.3) is 5.69 Å². The fraction of sp³-hybridized carbons (Fsp3) is 0.500. The molecule has 0 bridgehead atoms. The Labute approximate surface area is 113 Å². The van der Waals surface area contributed by atoms with Gasteiger partial charge in [0, 0.05) is 18.7 Å². The maximum absolute atomic E-state index is 11.2. The topological polar surface area (TPSA) is 70.2 Å². The average molecular weight is 261 g/mol. The molecule has 19 heavy (non-hydrogen) atoms. The van der Waals surface area contributed by atoms with Crippen LogP contribution < -0.4 is 4.90 Å². The molecule has 0 unspecified atom stereocenters. The molecule has 0 saturated carbocycles. The highest BCUT2D eigenvalue weighted by Crippen LogP contribution is 2.31. The number of nitriles is 1. The number of nitrogens with zero attached hydrogens (tertiary/aromatic N) is 3. The van der Waals surface area contributed by atoms with Gasteiger partial charge >= 0.3 is 0 Å². The molecule has 0 saturated heterocycles. The Hall–Kier alpha value is -2.09. The second-order valence-electron chi connectivity index (χ2n) is 4.95. The zero-order valence-electron chi connectivity index (χ0n) is 11.6. The minimum Gasteiger partial charge on any atom is -0.365 e. The lowest BCUT2D eigenvalue weighted by molar-refractivity contribution is -0.384. The van der Waals surface area contributed by atoms with E-state index in [0.29, 0.717) is 36.7 Å². The number of nitro benzene ring substituents is 1. The summed E-state index contributed by atoms with van der Waals surface area (Å²) in [4.78, 5) is 12.8. The van der Waals surface area contributed by atoms with Gasteiger partial charge in [0.2, 0.25) is 0 Å². The van der Waals surface area contributed by atoms with Crippen LogP contribution in [0, 0.1) is 34.3 Å². The number of hydrogen-bond acceptors (Lipinski definition) is 4. The fourth-order valence-electron chi connectivity index (χ4n) is 2.07. The SMILES string of the molecule is Cc1cccc(N(CCC#N)CC(C)C)c1[N+](=O)[O-]. The van der Waals surface area contributed by atoms with E-state index in [-0.39, 0.29) is 10.6 Å². The van der Waals surface area contributed by atoms with E-state index in [1.165, 1.54) is 0 Å². The summed E-state index contributed by atoms with van der Waals surface area (Å²) in [7, 11) is 0. The lowest BCUT2D eigenvalue weighted by Gasteiger charge is -2.25. The zero-order chi connectivity index (χ0) is 14.4. The summed E-state index contributed by atoms with van der Waals surface area (Å²) in [5.74, 6) is 0.374. The van der Waals surface area contributed by atoms with Crippen molar-refractivity contribution in [3.63, 3.8) is 0 Å². The summed E-state index contributed by atoms with van der Waals surface area (Å²) in [6.45, 7) is 7.06. The Bertz CT molecular complexity index is 492. The highest BCUT2D eigenvalue weighted by atomic mass is 16.6. The third-order valence-corrected chi connectivity index (χ3v) is 2.82. The van der Waals surface area contributed by atoms with Crippen molar-refractivity contribution in [2.75, 3.05) is 18.0 Å². The second-order valence-corrected chi connectivity index (χ2v) is 4.95. The number of anilines is 1. The van der Waals surface area contributed by atoms with E-state index in [4.69, 9.17) is 5.26 Å². The third-order valence-electron chi connectivity index (χ3n) is 2.82. The zero-order valence-corrected chi connectivity index (χ0v) is 11.6. The number of hydrogen-bond donors (Lipinski definition) is 0. The van der Waals surface area contributed by atoms with Crippen molar-refractivity contribution < 1.29 is 4.92 Å². The summed E-state index contributed by atoms with van der Waals surface area (Å²) >= 11 is 0. The molecule has 1 aromatic rings. The van der Waals surface area contributed by atoms with E-state index in [1.807, 2.05) is 11.0 Å². The van der Waals surface area contributed by atoms with Crippen molar-refractivity contribution in [2.45, 2.75) is 27.2 Å². The Morgan fingerprint density at radius 3 is 2.68 bits per heavy atom. The lowest BCUT2D eigenvalue weighted by Crippen LogP contribution is -2.29. The highest BCUT2D eigenvalue weighted by Gasteiger charge is 2.21. The molecule has 0 atom stereocenters. The molecule has 0 radical (unpaired) electrons. The maximum atomic E-state index is 11.2. The van der Waals surface area contributed by atoms with Crippen LogP contribution in [0.4, 0.5) is 11.4 Å². The maximum Gasteiger partial charge on any atom is 0.295 e. The summed E-state index contributed by atoms with van der Waals surface area (Å²) < 4.78 is 0. The number of benzene rings is 1. The van der Waals surface area contributed by atoms with Gasteiger partial charge in [-0.1, -0.05) is 26.0 Å². The standard InChI is InChI=1S/C14H19N3O2/c1-11(2)10-16(9-5-8-15)13-7-4-6-12(3)14(13)17(18)19/h4,6-7,11H,5,9-10H2,1-3H3. The molecule has 0 aliphatic carbocycles. The van der Waals surface area contributed by atoms with Crippen molar-refractivity contribution in [3.8, 4) is 6.07 Å². The fourth-order valence-corrected chi connectivity index (χ4v) is 2.07. The number of para-hydroxylation sites is 1. The molecule has 0 amide bonds. The van der Waals surface area contributed by atoms with Gasteiger partial charge in [-0.05, 0) is 18.9 Å². The first-order chi connectivity index (χ1) is 8.97. The Morgan fingerprint density at radius 1 is 1.47 bits per heavy atom. The first-order valence-corrected chi connectivity index (χ1v) is 6.33. The number of nitro groups is 1. The van der Waals surface area contributed by atoms with Crippen LogP contribution in [-0.2, 0) is 0 Å². The van der Waals surface area contributed by atoms with E-state index in [2.05, 4.69) is 19.9 Å². The summed E-state index contributed by atoms with van der Waals surface area (Å²) in [5, 5.41) is 19.9. The number of rotatable bonds is 6. The average Bonchev–Trinajstić information content (AvgIpc) is 2.33. The van der Waals surface area contributed by atoms with Gasteiger partial charge in [0.05, 0.1) is 17.4 Å². The Morgan fingerprint density at radius 2 is 2.16 bits per heavy atom. The van der Waals surface area contributed by atoms with Crippen LogP contribution in [0.15, 0.2) is 18.2 Å². The van der Waals surface area contributed by atoms with Gasteiger partial charge in [-0.15, -0.1) is 0 Å². The molecular weight excluding hydrogens is 242 g/mol. The van der Waals surface area contributed by atoms with Crippen LogP contribution in [-0.4, -0.2) is 18.0 Å². The van der Waals surface area contributed by atoms with E-state index in [9.17, 15) is 10.1 Å². The van der Waals surface area contributed by atoms with Crippen LogP contribution in [0.2, 0.25) is 0 Å². The van der Waals surface area contributed by atoms with E-state index < -0.39 is 0 Å². The van der Waals surface area contributed by atoms with Crippen LogP contribution in [0.3, 0.4) is 0 Å². The predicted octanol–water partition coefficient (Wildman–Crippen LogP) is 3.28. The molecule has 0 N–H and O–H groups in total. The summed E-state index contributed by atoms with van der Waals surface area (Å²) in [6, 6.07) is 7.40. The molecule has 0 heterocycles. The minimum atomic E-state index is -0.343. The van der Waals surface area contributed by atoms with Crippen molar-refractivity contribution in [1.82, 2.24) is 0 Å². The molecule has 0 aromatic heterocycles. The van der Waals surface area contributed by atoms with Crippen LogP contribution >= 0.6 is 0 Å². The molecule has 1 rings (SSSR count). The smallest absolute Gasteiger partial charge is 0.295 e. The lowest BCUT2D eigenvalue weighted by atomic mass is 10.1. The molecule has 0 aliphatic heterocycles. The molecule has 0 spiro atoms. The van der Waals surface area contributed by atoms with Crippen molar-refractivity contribution in [3.05, 3.63) is 33.9 Å². The van der Waals surface area contributed by atoms with E-state index >= 15 is 0 Å². The van der Waals surface area contributed by atoms with E-state index in [0.717, 1.165) is 0 Å². The highest BCUT2D eigenvalue weighted by molar-refractivity contribution is 5.66. The largest absolute Gasteiger partial charge is 0.365 e. The van der Waals surface area contributed by atoms with Gasteiger partial charge < -0.3 is 4.90 Å². The van der Waals surface area contributed by atoms with Crippen LogP contribution in [0.5, 0.6) is 0 Å². The van der Waals surface area contributed by atoms with Gasteiger partial charge in [-0.2, -0.15) is 5.26 Å². The quantitative estimate of drug-likeness (QED) is 0.582. The van der Waals surface area contributed by atoms with Gasteiger partial charge in [0.1, 0.15) is 5.69 Å². The molecule has 5 heteroatoms. The molecule has 102 valence electrons. The number of aryl methyl sites for hydroxylation is 1. The van der Waals surface area contributed by atoms with Gasteiger partial charge in [-0.25, -0.2) is 0 Å². The molecule has 0 fully saturated rings.